The summed E-state index contributed by atoms with van der Waals surface area (Å²) in [5.74, 6) is 0.283. The Hall–Kier alpha value is -1.10. The molecule has 0 heterocycles. The zero-order chi connectivity index (χ0) is 17.4. The summed E-state index contributed by atoms with van der Waals surface area (Å²) < 4.78 is 5.16. The van der Waals surface area contributed by atoms with Gasteiger partial charge in [-0.2, -0.15) is 0 Å². The second-order valence-corrected chi connectivity index (χ2v) is 6.81. The van der Waals surface area contributed by atoms with Crippen LogP contribution in [0.4, 0.5) is 0 Å². The van der Waals surface area contributed by atoms with Crippen LogP contribution in [0.5, 0.6) is 0 Å². The van der Waals surface area contributed by atoms with Gasteiger partial charge in [0.15, 0.2) is 0 Å². The van der Waals surface area contributed by atoms with Crippen molar-refractivity contribution in [1.82, 2.24) is 5.32 Å². The first kappa shape index (κ1) is 19.9. The zero-order valence-corrected chi connectivity index (χ0v) is 15.1. The number of nitrogens with one attached hydrogen (secondary N) is 1. The number of amides is 1. The van der Waals surface area contributed by atoms with Gasteiger partial charge in [0.1, 0.15) is 0 Å². The maximum absolute atomic E-state index is 12.0. The zero-order valence-electron chi connectivity index (χ0n) is 15.1. The van der Waals surface area contributed by atoms with Crippen LogP contribution in [-0.2, 0) is 14.3 Å². The minimum atomic E-state index is -0.144. The molecule has 1 aliphatic carbocycles. The molecule has 1 aliphatic rings. The minimum Gasteiger partial charge on any atom is -0.466 e. The predicted molar refractivity (Wildman–Crippen MR) is 91.7 cm³/mol. The van der Waals surface area contributed by atoms with E-state index < -0.39 is 0 Å². The maximum atomic E-state index is 12.0. The van der Waals surface area contributed by atoms with Crippen LogP contribution in [0, 0.1) is 17.8 Å². The fraction of sp³-hybridized carbons (Fsp3) is 0.889. The largest absolute Gasteiger partial charge is 0.466 e. The Morgan fingerprint density at radius 1 is 1.17 bits per heavy atom. The Morgan fingerprint density at radius 3 is 2.26 bits per heavy atom. The first-order chi connectivity index (χ1) is 10.9. The van der Waals surface area contributed by atoms with Crippen LogP contribution in [0.3, 0.4) is 0 Å². The monoisotopic (exact) mass is 326 g/mol. The maximum Gasteiger partial charge on any atom is 0.308 e. The molecule has 0 bridgehead atoms. The van der Waals surface area contributed by atoms with Gasteiger partial charge in [-0.25, -0.2) is 0 Å². The van der Waals surface area contributed by atoms with Gasteiger partial charge >= 0.3 is 5.97 Å². The highest BCUT2D eigenvalue weighted by atomic mass is 16.5. The van der Waals surface area contributed by atoms with Crippen LogP contribution in [0.2, 0.25) is 0 Å². The summed E-state index contributed by atoms with van der Waals surface area (Å²) in [6.07, 6.45) is 5.70. The third-order valence-corrected chi connectivity index (χ3v) is 4.94. The van der Waals surface area contributed by atoms with Gasteiger partial charge in [0.05, 0.1) is 12.5 Å². The molecule has 0 spiro atoms. The van der Waals surface area contributed by atoms with E-state index in [9.17, 15) is 9.59 Å². The fourth-order valence-electron chi connectivity index (χ4n) is 4.02. The summed E-state index contributed by atoms with van der Waals surface area (Å²) in [5.41, 5.74) is 6.35. The number of carbonyl (C=O) groups excluding carboxylic acids is 2. The van der Waals surface area contributed by atoms with Crippen LogP contribution in [0.15, 0.2) is 0 Å². The molecule has 1 rings (SSSR count). The topological polar surface area (TPSA) is 81.4 Å². The van der Waals surface area contributed by atoms with Crippen molar-refractivity contribution in [3.8, 4) is 0 Å². The first-order valence-corrected chi connectivity index (χ1v) is 9.13. The van der Waals surface area contributed by atoms with Gasteiger partial charge in [0.2, 0.25) is 5.91 Å². The van der Waals surface area contributed by atoms with E-state index in [1.807, 2.05) is 6.92 Å². The average molecular weight is 326 g/mol. The molecule has 1 amide bonds. The lowest BCUT2D eigenvalue weighted by atomic mass is 9.80. The smallest absolute Gasteiger partial charge is 0.308 e. The quantitative estimate of drug-likeness (QED) is 0.638. The van der Waals surface area contributed by atoms with Crippen molar-refractivity contribution in [2.24, 2.45) is 23.5 Å². The lowest BCUT2D eigenvalue weighted by Gasteiger charge is -2.34. The van der Waals surface area contributed by atoms with Gasteiger partial charge in [-0.3, -0.25) is 9.59 Å². The molecule has 1 unspecified atom stereocenters. The van der Waals surface area contributed by atoms with E-state index >= 15 is 0 Å². The number of nitrogens with two attached hydrogens (primary N) is 1. The van der Waals surface area contributed by atoms with Crippen molar-refractivity contribution in [2.45, 2.75) is 78.3 Å². The Labute approximate surface area is 140 Å². The molecule has 134 valence electrons. The molecular weight excluding hydrogens is 292 g/mol. The molecule has 0 radical (unpaired) electrons. The molecule has 5 heteroatoms. The van der Waals surface area contributed by atoms with Gasteiger partial charge < -0.3 is 15.8 Å². The summed E-state index contributed by atoms with van der Waals surface area (Å²) in [6.45, 7) is 8.12. The van der Waals surface area contributed by atoms with E-state index in [0.717, 1.165) is 32.1 Å². The van der Waals surface area contributed by atoms with Crippen molar-refractivity contribution >= 4 is 11.9 Å². The van der Waals surface area contributed by atoms with E-state index in [0.29, 0.717) is 18.9 Å². The Morgan fingerprint density at radius 2 is 1.78 bits per heavy atom. The van der Waals surface area contributed by atoms with E-state index in [-0.39, 0.29) is 35.8 Å². The summed E-state index contributed by atoms with van der Waals surface area (Å²) in [5, 5.41) is 3.14. The molecule has 0 aromatic carbocycles. The Kier molecular flexibility index (Phi) is 8.59. The average Bonchev–Trinajstić information content (AvgIpc) is 2.87. The normalized spacial score (nSPS) is 25.4. The predicted octanol–water partition coefficient (Wildman–Crippen LogP) is 2.62. The van der Waals surface area contributed by atoms with Gasteiger partial charge in [-0.15, -0.1) is 0 Å². The summed E-state index contributed by atoms with van der Waals surface area (Å²) in [7, 11) is 0. The Bertz CT molecular complexity index is 380. The molecular formula is C18H34N2O3. The number of carbonyl (C=O) groups is 2. The molecule has 0 aromatic heterocycles. The van der Waals surface area contributed by atoms with Crippen molar-refractivity contribution in [1.29, 1.82) is 0 Å². The summed E-state index contributed by atoms with van der Waals surface area (Å²) in [4.78, 5) is 23.7. The van der Waals surface area contributed by atoms with Gasteiger partial charge in [0, 0.05) is 19.0 Å². The summed E-state index contributed by atoms with van der Waals surface area (Å²) >= 11 is 0. The first-order valence-electron chi connectivity index (χ1n) is 9.13. The molecule has 1 saturated carbocycles. The second-order valence-electron chi connectivity index (χ2n) is 6.81. The number of rotatable bonds is 9. The van der Waals surface area contributed by atoms with E-state index in [4.69, 9.17) is 10.5 Å². The molecule has 5 nitrogen and oxygen atoms in total. The SMILES string of the molecule is CCCC(CCC)C(NC(C)=O)[C@@H]1C[C@@H](C(=O)OCC)C[C@H]1N. The van der Waals surface area contributed by atoms with E-state index in [2.05, 4.69) is 19.2 Å². The van der Waals surface area contributed by atoms with Gasteiger partial charge in [-0.05, 0) is 44.4 Å². The van der Waals surface area contributed by atoms with E-state index in [1.54, 1.807) is 6.92 Å². The summed E-state index contributed by atoms with van der Waals surface area (Å²) in [6, 6.07) is -0.000653. The molecule has 0 aliphatic heterocycles. The number of esters is 1. The lowest BCUT2D eigenvalue weighted by Crippen LogP contribution is -2.49. The second kappa shape index (κ2) is 9.91. The molecule has 4 atom stereocenters. The van der Waals surface area contributed by atoms with Crippen molar-refractivity contribution in [3.05, 3.63) is 0 Å². The van der Waals surface area contributed by atoms with Crippen LogP contribution in [-0.4, -0.2) is 30.6 Å². The van der Waals surface area contributed by atoms with Crippen LogP contribution in [0.25, 0.3) is 0 Å². The van der Waals surface area contributed by atoms with Crippen molar-refractivity contribution in [2.75, 3.05) is 6.61 Å². The standard InChI is InChI=1S/C18H34N2O3/c1-5-8-13(9-6-2)17(20-12(4)21)15-10-14(11-16(15)19)18(22)23-7-3/h13-17H,5-11,19H2,1-4H3,(H,20,21)/t14-,15-,16-,17?/m1/s1. The minimum absolute atomic E-state index is 0.0148. The van der Waals surface area contributed by atoms with E-state index in [1.165, 1.54) is 0 Å². The number of hydrogen-bond acceptors (Lipinski definition) is 4. The molecule has 3 N–H and O–H groups in total. The van der Waals surface area contributed by atoms with Crippen LogP contribution < -0.4 is 11.1 Å². The molecule has 1 fully saturated rings. The van der Waals surface area contributed by atoms with Crippen LogP contribution in [0.1, 0.15) is 66.2 Å². The number of ether oxygens (including phenoxy) is 1. The molecule has 0 aromatic rings. The van der Waals surface area contributed by atoms with Crippen LogP contribution >= 0.6 is 0 Å². The third kappa shape index (κ3) is 5.79. The molecule has 0 saturated heterocycles. The van der Waals surface area contributed by atoms with Gasteiger partial charge in [0.25, 0.3) is 0 Å². The van der Waals surface area contributed by atoms with Crippen molar-refractivity contribution in [3.63, 3.8) is 0 Å². The highest BCUT2D eigenvalue weighted by Crippen LogP contribution is 2.37. The highest BCUT2D eigenvalue weighted by molar-refractivity contribution is 5.74. The Balaban J connectivity index is 2.88. The fourth-order valence-corrected chi connectivity index (χ4v) is 4.02. The lowest BCUT2D eigenvalue weighted by molar-refractivity contribution is -0.147. The van der Waals surface area contributed by atoms with Gasteiger partial charge in [-0.1, -0.05) is 26.7 Å². The molecule has 23 heavy (non-hydrogen) atoms. The van der Waals surface area contributed by atoms with Crippen molar-refractivity contribution < 1.29 is 14.3 Å². The third-order valence-electron chi connectivity index (χ3n) is 4.94. The number of hydrogen-bond donors (Lipinski definition) is 2. The highest BCUT2D eigenvalue weighted by Gasteiger charge is 2.43.